The van der Waals surface area contributed by atoms with E-state index in [4.69, 9.17) is 5.84 Å². The summed E-state index contributed by atoms with van der Waals surface area (Å²) >= 11 is 0. The van der Waals surface area contributed by atoms with Crippen LogP contribution in [0.4, 0.5) is 5.69 Å². The van der Waals surface area contributed by atoms with Gasteiger partial charge in [0.15, 0.2) is 6.54 Å². The molecule has 32 heavy (non-hydrogen) atoms. The number of hydrogen-bond acceptors (Lipinski definition) is 5. The van der Waals surface area contributed by atoms with Gasteiger partial charge in [0, 0.05) is 56.3 Å². The average molecular weight is 437 g/mol. The fraction of sp³-hybridized carbons (Fsp3) is 0.440. The molecule has 0 unspecified atom stereocenters. The van der Waals surface area contributed by atoms with Crippen LogP contribution in [-0.4, -0.2) is 78.5 Å². The lowest BCUT2D eigenvalue weighted by atomic mass is 9.98. The molecule has 0 spiro atoms. The quantitative estimate of drug-likeness (QED) is 0.301. The number of rotatable bonds is 7. The molecule has 0 atom stereocenters. The van der Waals surface area contributed by atoms with E-state index in [1.807, 2.05) is 30.3 Å². The number of quaternary nitrogens is 1. The van der Waals surface area contributed by atoms with Crippen molar-refractivity contribution in [3.8, 4) is 0 Å². The predicted molar refractivity (Wildman–Crippen MR) is 128 cm³/mol. The largest absolute Gasteiger partial charge is 0.477 e. The molecule has 3 N–H and O–H groups in total. The van der Waals surface area contributed by atoms with Crippen molar-refractivity contribution in [2.24, 2.45) is 10.9 Å². The number of aliphatic carboxylic acids is 1. The Morgan fingerprint density at radius 2 is 1.69 bits per heavy atom. The first kappa shape index (κ1) is 22.3. The zero-order valence-corrected chi connectivity index (χ0v) is 18.6. The van der Waals surface area contributed by atoms with Gasteiger partial charge < -0.3 is 20.3 Å². The summed E-state index contributed by atoms with van der Waals surface area (Å²) in [4.78, 5) is 16.7. The zero-order valence-electron chi connectivity index (χ0n) is 18.6. The number of carboxylic acid groups (broad SMARTS) is 1. The highest BCUT2D eigenvalue weighted by molar-refractivity contribution is 5.80. The van der Waals surface area contributed by atoms with Crippen molar-refractivity contribution in [2.45, 2.75) is 25.4 Å². The Balaban J connectivity index is 1.32. The van der Waals surface area contributed by atoms with Crippen molar-refractivity contribution in [3.63, 3.8) is 0 Å². The monoisotopic (exact) mass is 436 g/mol. The molecule has 4 rings (SSSR count). The van der Waals surface area contributed by atoms with Crippen molar-refractivity contribution >= 4 is 17.9 Å². The third kappa shape index (κ3) is 5.47. The lowest BCUT2D eigenvalue weighted by Crippen LogP contribution is -2.59. The third-order valence-corrected chi connectivity index (χ3v) is 7.02. The van der Waals surface area contributed by atoms with Gasteiger partial charge >= 0.3 is 5.97 Å². The van der Waals surface area contributed by atoms with E-state index in [0.717, 1.165) is 64.2 Å². The fourth-order valence-electron chi connectivity index (χ4n) is 5.30. The molecule has 7 nitrogen and oxygen atoms in total. The number of carbonyl (C=O) groups is 1. The van der Waals surface area contributed by atoms with Gasteiger partial charge in [0.05, 0.1) is 19.3 Å². The second-order valence-corrected chi connectivity index (χ2v) is 9.11. The first-order valence-electron chi connectivity index (χ1n) is 11.5. The van der Waals surface area contributed by atoms with E-state index in [2.05, 4.69) is 39.2 Å². The summed E-state index contributed by atoms with van der Waals surface area (Å²) in [5, 5.41) is 13.1. The summed E-state index contributed by atoms with van der Waals surface area (Å²) in [5.41, 5.74) is 3.47. The Morgan fingerprint density at radius 3 is 2.28 bits per heavy atom. The van der Waals surface area contributed by atoms with Gasteiger partial charge in [-0.05, 0) is 17.7 Å². The lowest BCUT2D eigenvalue weighted by Gasteiger charge is -2.47. The summed E-state index contributed by atoms with van der Waals surface area (Å²) in [7, 11) is 0. The van der Waals surface area contributed by atoms with Crippen LogP contribution in [-0.2, 0) is 11.3 Å². The molecule has 170 valence electrons. The van der Waals surface area contributed by atoms with Gasteiger partial charge in [-0.2, -0.15) is 5.10 Å². The summed E-state index contributed by atoms with van der Waals surface area (Å²) in [6.45, 7) is 6.99. The molecular formula is C25H34N5O2+. The van der Waals surface area contributed by atoms with Crippen LogP contribution in [0, 0.1) is 0 Å². The van der Waals surface area contributed by atoms with Gasteiger partial charge in [-0.1, -0.05) is 42.5 Å². The van der Waals surface area contributed by atoms with Crippen LogP contribution in [0.3, 0.4) is 0 Å². The van der Waals surface area contributed by atoms with Crippen molar-refractivity contribution in [1.29, 1.82) is 0 Å². The van der Waals surface area contributed by atoms with Crippen LogP contribution in [0.5, 0.6) is 0 Å². The molecule has 2 aromatic rings. The molecule has 0 aliphatic carbocycles. The minimum Gasteiger partial charge on any atom is -0.477 e. The summed E-state index contributed by atoms with van der Waals surface area (Å²) < 4.78 is 0.661. The van der Waals surface area contributed by atoms with E-state index in [-0.39, 0.29) is 6.54 Å². The highest BCUT2D eigenvalue weighted by Gasteiger charge is 2.38. The number of hydrogen-bond donors (Lipinski definition) is 2. The second kappa shape index (κ2) is 10.1. The molecule has 0 radical (unpaired) electrons. The van der Waals surface area contributed by atoms with Crippen LogP contribution in [0.25, 0.3) is 0 Å². The van der Waals surface area contributed by atoms with Gasteiger partial charge in [-0.25, -0.2) is 4.79 Å². The Labute approximate surface area is 190 Å². The van der Waals surface area contributed by atoms with E-state index in [1.54, 1.807) is 6.21 Å². The van der Waals surface area contributed by atoms with Crippen LogP contribution >= 0.6 is 0 Å². The molecule has 2 aliphatic heterocycles. The maximum absolute atomic E-state index is 11.6. The van der Waals surface area contributed by atoms with E-state index in [1.165, 1.54) is 11.3 Å². The second-order valence-electron chi connectivity index (χ2n) is 9.11. The normalized spacial score (nSPS) is 24.6. The summed E-state index contributed by atoms with van der Waals surface area (Å²) in [6, 6.07) is 19.2. The minimum absolute atomic E-state index is 0.209. The van der Waals surface area contributed by atoms with Crippen LogP contribution in [0.15, 0.2) is 59.7 Å². The van der Waals surface area contributed by atoms with Gasteiger partial charge in [0.25, 0.3) is 0 Å². The number of piperazine rings is 1. The van der Waals surface area contributed by atoms with E-state index in [9.17, 15) is 9.90 Å². The van der Waals surface area contributed by atoms with Crippen molar-refractivity contribution in [1.82, 2.24) is 4.90 Å². The number of hydrazone groups is 1. The maximum Gasteiger partial charge on any atom is 0.359 e. The number of likely N-dealkylation sites (tertiary alicyclic amines) is 1. The Hall–Kier alpha value is -2.90. The van der Waals surface area contributed by atoms with Crippen LogP contribution in [0.1, 0.15) is 24.0 Å². The molecule has 2 aliphatic rings. The predicted octanol–water partition coefficient (Wildman–Crippen LogP) is 2.37. The molecule has 0 saturated carbocycles. The molecule has 2 fully saturated rings. The Kier molecular flexibility index (Phi) is 7.07. The molecule has 0 bridgehead atoms. The van der Waals surface area contributed by atoms with E-state index < -0.39 is 5.97 Å². The highest BCUT2D eigenvalue weighted by atomic mass is 16.4. The van der Waals surface area contributed by atoms with Gasteiger partial charge in [-0.15, -0.1) is 0 Å². The first-order chi connectivity index (χ1) is 15.6. The molecule has 0 amide bonds. The minimum atomic E-state index is -0.697. The van der Waals surface area contributed by atoms with E-state index >= 15 is 0 Å². The average Bonchev–Trinajstić information content (AvgIpc) is 2.81. The van der Waals surface area contributed by atoms with Crippen molar-refractivity contribution in [3.05, 3.63) is 65.7 Å². The fourth-order valence-corrected chi connectivity index (χ4v) is 5.30. The molecule has 2 saturated heterocycles. The standard InChI is InChI=1S/C25H33N5O2/c26-27-18-21-6-8-23(9-7-21)28-12-14-29(15-13-28)24-10-16-30(17-11-24,20-25(31)32)19-22-4-2-1-3-5-22/h1-9,18,24H,10-17,19-20,26H2/p+1/b27-18+. The highest BCUT2D eigenvalue weighted by Crippen LogP contribution is 2.27. The molecule has 0 aromatic heterocycles. The van der Waals surface area contributed by atoms with Gasteiger partial charge in [0.2, 0.25) is 0 Å². The van der Waals surface area contributed by atoms with Crippen molar-refractivity contribution in [2.75, 3.05) is 50.7 Å². The molecular weight excluding hydrogens is 402 g/mol. The van der Waals surface area contributed by atoms with Crippen LogP contribution in [0.2, 0.25) is 0 Å². The van der Waals surface area contributed by atoms with E-state index in [0.29, 0.717) is 10.5 Å². The Bertz CT molecular complexity index is 900. The van der Waals surface area contributed by atoms with Gasteiger partial charge in [-0.3, -0.25) is 4.90 Å². The number of piperidine rings is 1. The maximum atomic E-state index is 11.6. The zero-order chi connectivity index (χ0) is 22.4. The van der Waals surface area contributed by atoms with Gasteiger partial charge in [0.1, 0.15) is 6.54 Å². The Morgan fingerprint density at radius 1 is 1.03 bits per heavy atom. The van der Waals surface area contributed by atoms with Crippen LogP contribution < -0.4 is 10.7 Å². The number of nitrogens with zero attached hydrogens (tertiary/aromatic N) is 4. The number of carboxylic acids is 1. The SMILES string of the molecule is N/N=C/c1ccc(N2CCN(C3CC[N+](CC(=O)O)(Cc4ccccc4)CC3)CC2)cc1. The number of anilines is 1. The smallest absolute Gasteiger partial charge is 0.359 e. The molecule has 2 heterocycles. The lowest BCUT2D eigenvalue weighted by molar-refractivity contribution is -0.939. The third-order valence-electron chi connectivity index (χ3n) is 7.02. The topological polar surface area (TPSA) is 82.2 Å². The summed E-state index contributed by atoms with van der Waals surface area (Å²) in [6.07, 6.45) is 3.78. The molecule has 7 heteroatoms. The summed E-state index contributed by atoms with van der Waals surface area (Å²) in [5.74, 6) is 4.53. The number of nitrogens with two attached hydrogens (primary N) is 1. The first-order valence-corrected chi connectivity index (χ1v) is 11.5. The van der Waals surface area contributed by atoms with Crippen molar-refractivity contribution < 1.29 is 14.4 Å². The number of benzene rings is 2. The molecule has 2 aromatic carbocycles.